The van der Waals surface area contributed by atoms with E-state index in [1.165, 1.54) is 13.8 Å². The highest BCUT2D eigenvalue weighted by atomic mass is 16.7. The van der Waals surface area contributed by atoms with Crippen LogP contribution in [0.1, 0.15) is 20.3 Å². The van der Waals surface area contributed by atoms with Crippen molar-refractivity contribution in [2.45, 2.75) is 38.8 Å². The number of rotatable bonds is 3. The van der Waals surface area contributed by atoms with E-state index in [2.05, 4.69) is 0 Å². The molecule has 1 N–H and O–H groups in total. The predicted octanol–water partition coefficient (Wildman–Crippen LogP) is -0.412. The minimum Gasteiger partial charge on any atom is -0.463 e. The quantitative estimate of drug-likeness (QED) is 0.648. The van der Waals surface area contributed by atoms with Crippen molar-refractivity contribution >= 4 is 11.9 Å². The number of hydrogen-bond donors (Lipinski definition) is 1. The van der Waals surface area contributed by atoms with Crippen LogP contribution in [0.2, 0.25) is 0 Å². The SMILES string of the molecule is CC(=O)OC[C@H]1O[C@H](O)C[C@@H]1OC(C)=O. The molecule has 0 saturated carbocycles. The Labute approximate surface area is 87.1 Å². The summed E-state index contributed by atoms with van der Waals surface area (Å²) < 4.78 is 14.7. The van der Waals surface area contributed by atoms with Gasteiger partial charge in [0.15, 0.2) is 6.29 Å². The fourth-order valence-corrected chi connectivity index (χ4v) is 1.38. The highest BCUT2D eigenvalue weighted by molar-refractivity contribution is 5.66. The zero-order valence-electron chi connectivity index (χ0n) is 8.63. The number of hydrogen-bond acceptors (Lipinski definition) is 6. The lowest BCUT2D eigenvalue weighted by molar-refractivity contribution is -0.159. The molecule has 0 amide bonds. The minimum atomic E-state index is -0.977. The second kappa shape index (κ2) is 5.09. The Kier molecular flexibility index (Phi) is 4.05. The van der Waals surface area contributed by atoms with E-state index >= 15 is 0 Å². The van der Waals surface area contributed by atoms with Gasteiger partial charge in [0.2, 0.25) is 0 Å². The van der Waals surface area contributed by atoms with Crippen molar-refractivity contribution in [1.29, 1.82) is 0 Å². The van der Waals surface area contributed by atoms with Crippen molar-refractivity contribution in [1.82, 2.24) is 0 Å². The summed E-state index contributed by atoms with van der Waals surface area (Å²) in [5.41, 5.74) is 0. The first kappa shape index (κ1) is 11.9. The maximum absolute atomic E-state index is 10.7. The van der Waals surface area contributed by atoms with E-state index in [0.717, 1.165) is 0 Å². The van der Waals surface area contributed by atoms with E-state index in [1.54, 1.807) is 0 Å². The maximum Gasteiger partial charge on any atom is 0.303 e. The molecule has 0 aromatic heterocycles. The van der Waals surface area contributed by atoms with E-state index in [-0.39, 0.29) is 13.0 Å². The number of aliphatic hydroxyl groups is 1. The molecule has 0 unspecified atom stereocenters. The van der Waals surface area contributed by atoms with Crippen LogP contribution in [-0.2, 0) is 23.8 Å². The van der Waals surface area contributed by atoms with Crippen molar-refractivity contribution < 1.29 is 28.9 Å². The fourth-order valence-electron chi connectivity index (χ4n) is 1.38. The molecule has 1 saturated heterocycles. The third kappa shape index (κ3) is 3.85. The molecule has 1 rings (SSSR count). The predicted molar refractivity (Wildman–Crippen MR) is 47.7 cm³/mol. The molecule has 86 valence electrons. The normalized spacial score (nSPS) is 29.9. The van der Waals surface area contributed by atoms with Gasteiger partial charge in [-0.25, -0.2) is 0 Å². The molecule has 1 aliphatic heterocycles. The molecular formula is C9H14O6. The Hall–Kier alpha value is -1.14. The van der Waals surface area contributed by atoms with Crippen LogP contribution >= 0.6 is 0 Å². The van der Waals surface area contributed by atoms with Crippen molar-refractivity contribution in [3.63, 3.8) is 0 Å². The topological polar surface area (TPSA) is 82.1 Å². The average molecular weight is 218 g/mol. The van der Waals surface area contributed by atoms with Gasteiger partial charge in [-0.2, -0.15) is 0 Å². The lowest BCUT2D eigenvalue weighted by atomic mass is 10.2. The van der Waals surface area contributed by atoms with Crippen LogP contribution in [0, 0.1) is 0 Å². The zero-order valence-corrected chi connectivity index (χ0v) is 8.63. The molecular weight excluding hydrogens is 204 g/mol. The average Bonchev–Trinajstić information content (AvgIpc) is 2.41. The molecule has 1 heterocycles. The first-order chi connectivity index (χ1) is 6.99. The number of carbonyl (C=O) groups excluding carboxylic acids is 2. The van der Waals surface area contributed by atoms with E-state index in [1.807, 2.05) is 0 Å². The molecule has 1 aliphatic rings. The molecule has 0 spiro atoms. The standard InChI is InChI=1S/C9H14O6/c1-5(10)13-4-8-7(14-6(2)11)3-9(12)15-8/h7-9,12H,3-4H2,1-2H3/t7-,8+,9-/m0/s1. The van der Waals surface area contributed by atoms with Gasteiger partial charge in [-0.3, -0.25) is 9.59 Å². The third-order valence-corrected chi connectivity index (χ3v) is 1.95. The lowest BCUT2D eigenvalue weighted by Crippen LogP contribution is -2.31. The highest BCUT2D eigenvalue weighted by Gasteiger charge is 2.37. The van der Waals surface area contributed by atoms with Crippen molar-refractivity contribution in [2.75, 3.05) is 6.61 Å². The Balaban J connectivity index is 2.45. The monoisotopic (exact) mass is 218 g/mol. The Morgan fingerprint density at radius 2 is 2.07 bits per heavy atom. The molecule has 15 heavy (non-hydrogen) atoms. The largest absolute Gasteiger partial charge is 0.463 e. The van der Waals surface area contributed by atoms with E-state index < -0.39 is 30.4 Å². The summed E-state index contributed by atoms with van der Waals surface area (Å²) in [5, 5.41) is 9.19. The lowest BCUT2D eigenvalue weighted by Gasteiger charge is -2.17. The summed E-state index contributed by atoms with van der Waals surface area (Å²) in [6.07, 6.45) is -1.93. The Morgan fingerprint density at radius 3 is 2.60 bits per heavy atom. The zero-order chi connectivity index (χ0) is 11.4. The van der Waals surface area contributed by atoms with Crippen molar-refractivity contribution in [3.05, 3.63) is 0 Å². The number of esters is 2. The Morgan fingerprint density at radius 1 is 1.40 bits per heavy atom. The Bertz CT molecular complexity index is 251. The van der Waals surface area contributed by atoms with Gasteiger partial charge >= 0.3 is 11.9 Å². The van der Waals surface area contributed by atoms with Gasteiger partial charge < -0.3 is 19.3 Å². The second-order valence-corrected chi connectivity index (χ2v) is 3.32. The molecule has 0 aliphatic carbocycles. The van der Waals surface area contributed by atoms with Crippen LogP contribution in [-0.4, -0.2) is 42.1 Å². The van der Waals surface area contributed by atoms with E-state index in [0.29, 0.717) is 0 Å². The first-order valence-corrected chi connectivity index (χ1v) is 4.63. The summed E-state index contributed by atoms with van der Waals surface area (Å²) in [6.45, 7) is 2.52. The van der Waals surface area contributed by atoms with Crippen molar-refractivity contribution in [2.24, 2.45) is 0 Å². The van der Waals surface area contributed by atoms with E-state index in [4.69, 9.17) is 14.2 Å². The molecule has 0 aromatic carbocycles. The summed E-state index contributed by atoms with van der Waals surface area (Å²) in [6, 6.07) is 0. The van der Waals surface area contributed by atoms with Crippen LogP contribution in [0.15, 0.2) is 0 Å². The van der Waals surface area contributed by atoms with Gasteiger partial charge in [0.1, 0.15) is 18.8 Å². The van der Waals surface area contributed by atoms with Gasteiger partial charge in [0.25, 0.3) is 0 Å². The van der Waals surface area contributed by atoms with Gasteiger partial charge in [-0.1, -0.05) is 0 Å². The molecule has 0 bridgehead atoms. The smallest absolute Gasteiger partial charge is 0.303 e. The molecule has 1 fully saturated rings. The molecule has 0 radical (unpaired) electrons. The van der Waals surface area contributed by atoms with Gasteiger partial charge in [0, 0.05) is 20.3 Å². The fraction of sp³-hybridized carbons (Fsp3) is 0.778. The van der Waals surface area contributed by atoms with Crippen LogP contribution in [0.4, 0.5) is 0 Å². The van der Waals surface area contributed by atoms with Crippen LogP contribution in [0.3, 0.4) is 0 Å². The summed E-state index contributed by atoms with van der Waals surface area (Å²) in [4.78, 5) is 21.3. The number of aliphatic hydroxyl groups excluding tert-OH is 1. The van der Waals surface area contributed by atoms with Crippen LogP contribution in [0.25, 0.3) is 0 Å². The van der Waals surface area contributed by atoms with Gasteiger partial charge in [-0.15, -0.1) is 0 Å². The minimum absolute atomic E-state index is 0.0235. The second-order valence-electron chi connectivity index (χ2n) is 3.32. The number of carbonyl (C=O) groups is 2. The van der Waals surface area contributed by atoms with Gasteiger partial charge in [0.05, 0.1) is 0 Å². The van der Waals surface area contributed by atoms with Gasteiger partial charge in [-0.05, 0) is 0 Å². The van der Waals surface area contributed by atoms with Crippen LogP contribution in [0.5, 0.6) is 0 Å². The third-order valence-electron chi connectivity index (χ3n) is 1.95. The molecule has 0 aromatic rings. The van der Waals surface area contributed by atoms with Crippen molar-refractivity contribution in [3.8, 4) is 0 Å². The summed E-state index contributed by atoms with van der Waals surface area (Å²) >= 11 is 0. The highest BCUT2D eigenvalue weighted by Crippen LogP contribution is 2.22. The molecule has 6 heteroatoms. The molecule has 6 nitrogen and oxygen atoms in total. The first-order valence-electron chi connectivity index (χ1n) is 4.63. The summed E-state index contributed by atoms with van der Waals surface area (Å²) in [7, 11) is 0. The number of ether oxygens (including phenoxy) is 3. The molecule has 3 atom stereocenters. The van der Waals surface area contributed by atoms with E-state index in [9.17, 15) is 14.7 Å². The maximum atomic E-state index is 10.7. The van der Waals surface area contributed by atoms with Crippen LogP contribution < -0.4 is 0 Å². The summed E-state index contributed by atoms with van der Waals surface area (Å²) in [5.74, 6) is -0.896.